The third kappa shape index (κ3) is 3.39. The average molecular weight is 322 g/mol. The zero-order valence-corrected chi connectivity index (χ0v) is 13.4. The van der Waals surface area contributed by atoms with Crippen molar-refractivity contribution < 1.29 is 8.91 Å². The highest BCUT2D eigenvalue weighted by Crippen LogP contribution is 2.31. The van der Waals surface area contributed by atoms with Gasteiger partial charge in [0.15, 0.2) is 5.76 Å². The first-order valence-electron chi connectivity index (χ1n) is 8.28. The summed E-state index contributed by atoms with van der Waals surface area (Å²) in [4.78, 5) is 2.27. The molecule has 3 aromatic rings. The van der Waals surface area contributed by atoms with Crippen molar-refractivity contribution in [2.75, 3.05) is 0 Å². The summed E-state index contributed by atoms with van der Waals surface area (Å²) in [6, 6.07) is 19.4. The second kappa shape index (κ2) is 6.57. The summed E-state index contributed by atoms with van der Waals surface area (Å²) in [6.45, 7) is 1.25. The normalized spacial score (nSPS) is 14.2. The predicted molar refractivity (Wildman–Crippen MR) is 90.6 cm³/mol. The topological polar surface area (TPSA) is 29.3 Å². The van der Waals surface area contributed by atoms with Crippen LogP contribution in [0.3, 0.4) is 0 Å². The van der Waals surface area contributed by atoms with E-state index in [2.05, 4.69) is 10.1 Å². The van der Waals surface area contributed by atoms with E-state index in [1.807, 2.05) is 48.5 Å². The molecule has 1 aromatic heterocycles. The Hall–Kier alpha value is -2.46. The van der Waals surface area contributed by atoms with Crippen LogP contribution in [0.15, 0.2) is 65.2 Å². The molecule has 1 aliphatic carbocycles. The molecule has 1 heterocycles. The van der Waals surface area contributed by atoms with Crippen molar-refractivity contribution >= 4 is 0 Å². The minimum atomic E-state index is -0.148. The highest BCUT2D eigenvalue weighted by molar-refractivity contribution is 5.58. The van der Waals surface area contributed by atoms with Crippen molar-refractivity contribution in [2.45, 2.75) is 32.0 Å². The van der Waals surface area contributed by atoms with Crippen molar-refractivity contribution in [2.24, 2.45) is 0 Å². The van der Waals surface area contributed by atoms with E-state index < -0.39 is 0 Å². The summed E-state index contributed by atoms with van der Waals surface area (Å²) >= 11 is 0. The Morgan fingerprint density at radius 3 is 2.50 bits per heavy atom. The first-order valence-corrected chi connectivity index (χ1v) is 8.28. The van der Waals surface area contributed by atoms with Crippen molar-refractivity contribution in [1.82, 2.24) is 10.1 Å². The first-order chi connectivity index (χ1) is 11.8. The molecule has 2 aromatic carbocycles. The largest absolute Gasteiger partial charge is 0.359 e. The molecule has 1 fully saturated rings. The van der Waals surface area contributed by atoms with Crippen LogP contribution in [0.5, 0.6) is 0 Å². The van der Waals surface area contributed by atoms with E-state index in [1.54, 1.807) is 6.07 Å². The predicted octanol–water partition coefficient (Wildman–Crippen LogP) is 4.65. The molecule has 1 aliphatic rings. The molecule has 0 radical (unpaired) electrons. The highest BCUT2D eigenvalue weighted by atomic mass is 19.1. The molecule has 122 valence electrons. The molecule has 24 heavy (non-hydrogen) atoms. The van der Waals surface area contributed by atoms with Crippen LogP contribution in [-0.4, -0.2) is 16.1 Å². The molecule has 3 nitrogen and oxygen atoms in total. The van der Waals surface area contributed by atoms with Crippen molar-refractivity contribution in [3.8, 4) is 11.3 Å². The average Bonchev–Trinajstić information content (AvgIpc) is 3.36. The van der Waals surface area contributed by atoms with Gasteiger partial charge < -0.3 is 4.52 Å². The fourth-order valence-corrected chi connectivity index (χ4v) is 2.93. The van der Waals surface area contributed by atoms with Crippen LogP contribution in [0.4, 0.5) is 4.39 Å². The number of aromatic nitrogens is 1. The molecule has 0 unspecified atom stereocenters. The molecule has 0 N–H and O–H groups in total. The van der Waals surface area contributed by atoms with Gasteiger partial charge in [-0.15, -0.1) is 0 Å². The Balaban J connectivity index is 1.50. The van der Waals surface area contributed by atoms with Gasteiger partial charge in [0, 0.05) is 29.8 Å². The maximum Gasteiger partial charge on any atom is 0.151 e. The fourth-order valence-electron chi connectivity index (χ4n) is 2.93. The van der Waals surface area contributed by atoms with Gasteiger partial charge in [-0.25, -0.2) is 4.39 Å². The Morgan fingerprint density at radius 2 is 1.75 bits per heavy atom. The number of nitrogens with zero attached hydrogens (tertiary/aromatic N) is 2. The van der Waals surface area contributed by atoms with Gasteiger partial charge in [0.05, 0.1) is 6.54 Å². The summed E-state index contributed by atoms with van der Waals surface area (Å²) in [5.74, 6) is 0.669. The van der Waals surface area contributed by atoms with Crippen molar-refractivity contribution in [1.29, 1.82) is 0 Å². The van der Waals surface area contributed by atoms with E-state index >= 15 is 0 Å². The minimum Gasteiger partial charge on any atom is -0.359 e. The molecule has 0 amide bonds. The summed E-state index contributed by atoms with van der Waals surface area (Å²) in [6.07, 6.45) is 2.32. The summed E-state index contributed by atoms with van der Waals surface area (Å²) in [5, 5.41) is 4.17. The van der Waals surface area contributed by atoms with E-state index in [9.17, 15) is 4.39 Å². The van der Waals surface area contributed by atoms with Crippen LogP contribution in [0.1, 0.15) is 24.2 Å². The summed E-state index contributed by atoms with van der Waals surface area (Å²) < 4.78 is 19.4. The van der Waals surface area contributed by atoms with Crippen LogP contribution >= 0.6 is 0 Å². The second-order valence-electron chi connectivity index (χ2n) is 6.27. The van der Waals surface area contributed by atoms with Crippen LogP contribution in [0.25, 0.3) is 11.3 Å². The van der Waals surface area contributed by atoms with Gasteiger partial charge in [-0.1, -0.05) is 53.7 Å². The number of hydrogen-bond donors (Lipinski definition) is 0. The van der Waals surface area contributed by atoms with E-state index in [4.69, 9.17) is 4.52 Å². The molecule has 0 spiro atoms. The Morgan fingerprint density at radius 1 is 1.00 bits per heavy atom. The number of halogens is 1. The van der Waals surface area contributed by atoms with Crippen LogP contribution in [0.2, 0.25) is 0 Å². The zero-order chi connectivity index (χ0) is 16.4. The van der Waals surface area contributed by atoms with Gasteiger partial charge in [0.1, 0.15) is 11.5 Å². The maximum atomic E-state index is 13.9. The van der Waals surface area contributed by atoms with E-state index in [0.717, 1.165) is 35.4 Å². The van der Waals surface area contributed by atoms with E-state index in [0.29, 0.717) is 19.1 Å². The number of benzene rings is 2. The van der Waals surface area contributed by atoms with Crippen LogP contribution < -0.4 is 0 Å². The number of hydrogen-bond acceptors (Lipinski definition) is 3. The monoisotopic (exact) mass is 322 g/mol. The Kier molecular flexibility index (Phi) is 4.13. The lowest BCUT2D eigenvalue weighted by molar-refractivity contribution is 0.212. The maximum absolute atomic E-state index is 13.9. The fraction of sp³-hybridized carbons (Fsp3) is 0.250. The lowest BCUT2D eigenvalue weighted by Gasteiger charge is -2.20. The molecule has 0 bridgehead atoms. The quantitative estimate of drug-likeness (QED) is 0.662. The van der Waals surface area contributed by atoms with Gasteiger partial charge in [-0.05, 0) is 18.9 Å². The molecule has 0 saturated heterocycles. The zero-order valence-electron chi connectivity index (χ0n) is 13.4. The first kappa shape index (κ1) is 15.1. The SMILES string of the molecule is Fc1ccccc1CN(Cc1cc(-c2ccccc2)no1)C1CC1. The number of rotatable bonds is 6. The summed E-state index contributed by atoms with van der Waals surface area (Å²) in [7, 11) is 0. The van der Waals surface area contributed by atoms with E-state index in [1.165, 1.54) is 6.07 Å². The molecular weight excluding hydrogens is 303 g/mol. The van der Waals surface area contributed by atoms with Gasteiger partial charge in [0.25, 0.3) is 0 Å². The van der Waals surface area contributed by atoms with Gasteiger partial charge in [-0.3, -0.25) is 4.90 Å². The van der Waals surface area contributed by atoms with Gasteiger partial charge >= 0.3 is 0 Å². The molecule has 0 atom stereocenters. The highest BCUT2D eigenvalue weighted by Gasteiger charge is 2.30. The van der Waals surface area contributed by atoms with Crippen molar-refractivity contribution in [3.63, 3.8) is 0 Å². The smallest absolute Gasteiger partial charge is 0.151 e. The third-order valence-corrected chi connectivity index (χ3v) is 4.38. The lowest BCUT2D eigenvalue weighted by Crippen LogP contribution is -2.25. The lowest BCUT2D eigenvalue weighted by atomic mass is 10.1. The standard InChI is InChI=1S/C20H19FN2O/c21-19-9-5-4-8-16(19)13-23(17-10-11-17)14-18-12-20(22-24-18)15-6-2-1-3-7-15/h1-9,12,17H,10-11,13-14H2. The van der Waals surface area contributed by atoms with Crippen molar-refractivity contribution in [3.05, 3.63) is 77.8 Å². The van der Waals surface area contributed by atoms with Gasteiger partial charge in [0.2, 0.25) is 0 Å². The molecule has 1 saturated carbocycles. The molecule has 4 rings (SSSR count). The van der Waals surface area contributed by atoms with E-state index in [-0.39, 0.29) is 5.82 Å². The Bertz CT molecular complexity index is 811. The molecule has 4 heteroatoms. The molecular formula is C20H19FN2O. The Labute approximate surface area is 140 Å². The third-order valence-electron chi connectivity index (χ3n) is 4.38. The minimum absolute atomic E-state index is 0.148. The van der Waals surface area contributed by atoms with Crippen LogP contribution in [0, 0.1) is 5.82 Å². The van der Waals surface area contributed by atoms with Crippen LogP contribution in [-0.2, 0) is 13.1 Å². The second-order valence-corrected chi connectivity index (χ2v) is 6.27. The molecule has 0 aliphatic heterocycles. The summed E-state index contributed by atoms with van der Waals surface area (Å²) in [5.41, 5.74) is 2.61. The van der Waals surface area contributed by atoms with Gasteiger partial charge in [-0.2, -0.15) is 0 Å².